The molecule has 0 aromatic carbocycles. The maximum Gasteiger partial charge on any atom is 0.410 e. The number of hydrogen-bond acceptors (Lipinski definition) is 5. The van der Waals surface area contributed by atoms with Crippen molar-refractivity contribution < 1.29 is 9.53 Å². The van der Waals surface area contributed by atoms with Crippen LogP contribution < -0.4 is 5.32 Å². The van der Waals surface area contributed by atoms with Crippen molar-refractivity contribution in [3.8, 4) is 0 Å². The van der Waals surface area contributed by atoms with Crippen LogP contribution in [0.15, 0.2) is 0 Å². The second-order valence-corrected chi connectivity index (χ2v) is 7.69. The molecule has 2 aliphatic rings. The number of nitrogens with zero attached hydrogens (tertiary/aromatic N) is 3. The quantitative estimate of drug-likeness (QED) is 0.830. The lowest BCUT2D eigenvalue weighted by Crippen LogP contribution is -2.65. The van der Waals surface area contributed by atoms with E-state index in [1.54, 1.807) is 0 Å². The van der Waals surface area contributed by atoms with Crippen molar-refractivity contribution >= 4 is 6.09 Å². The zero-order valence-electron chi connectivity index (χ0n) is 14.8. The zero-order valence-corrected chi connectivity index (χ0v) is 14.8. The minimum atomic E-state index is -0.422. The molecule has 2 aliphatic heterocycles. The molecule has 0 saturated carbocycles. The van der Waals surface area contributed by atoms with E-state index in [1.807, 2.05) is 25.7 Å². The Morgan fingerprint density at radius 2 is 1.36 bits per heavy atom. The predicted molar refractivity (Wildman–Crippen MR) is 87.9 cm³/mol. The first-order valence-electron chi connectivity index (χ1n) is 8.39. The summed E-state index contributed by atoms with van der Waals surface area (Å²) in [4.78, 5) is 19.0. The Labute approximate surface area is 134 Å². The third-order valence-electron chi connectivity index (χ3n) is 4.60. The van der Waals surface area contributed by atoms with Crippen LogP contribution in [0.4, 0.5) is 4.79 Å². The predicted octanol–water partition coefficient (Wildman–Crippen LogP) is 1.18. The summed E-state index contributed by atoms with van der Waals surface area (Å²) < 4.78 is 5.46. The summed E-state index contributed by atoms with van der Waals surface area (Å²) in [6.07, 6.45) is -0.188. The average Bonchev–Trinajstić information content (AvgIpc) is 2.46. The fraction of sp³-hybridized carbons (Fsp3) is 0.938. The first kappa shape index (κ1) is 17.5. The Morgan fingerprint density at radius 1 is 0.864 bits per heavy atom. The summed E-state index contributed by atoms with van der Waals surface area (Å²) in [6.45, 7) is 17.9. The lowest BCUT2D eigenvalue weighted by molar-refractivity contribution is -0.0627. The number of piperazine rings is 2. The van der Waals surface area contributed by atoms with Crippen LogP contribution >= 0.6 is 0 Å². The summed E-state index contributed by atoms with van der Waals surface area (Å²) in [5.74, 6) is 0. The summed E-state index contributed by atoms with van der Waals surface area (Å²) in [5.41, 5.74) is -0.379. The van der Waals surface area contributed by atoms with E-state index in [4.69, 9.17) is 4.74 Å². The lowest BCUT2D eigenvalue weighted by atomic mass is 10.1. The van der Waals surface area contributed by atoms with E-state index < -0.39 is 5.60 Å². The molecule has 0 aromatic heterocycles. The van der Waals surface area contributed by atoms with Gasteiger partial charge in [-0.1, -0.05) is 0 Å². The minimum Gasteiger partial charge on any atom is -0.444 e. The van der Waals surface area contributed by atoms with Gasteiger partial charge >= 0.3 is 6.09 Å². The Hall–Kier alpha value is -0.850. The van der Waals surface area contributed by atoms with Gasteiger partial charge in [-0.2, -0.15) is 0 Å². The van der Waals surface area contributed by atoms with Crippen LogP contribution in [0.3, 0.4) is 0 Å². The Balaban J connectivity index is 1.87. The normalized spacial score (nSPS) is 22.7. The molecule has 22 heavy (non-hydrogen) atoms. The third-order valence-corrected chi connectivity index (χ3v) is 4.60. The number of carbonyl (C=O) groups excluding carboxylic acids is 1. The van der Waals surface area contributed by atoms with E-state index in [1.165, 1.54) is 0 Å². The second-order valence-electron chi connectivity index (χ2n) is 7.69. The molecule has 2 heterocycles. The molecule has 1 N–H and O–H groups in total. The first-order chi connectivity index (χ1) is 10.2. The summed E-state index contributed by atoms with van der Waals surface area (Å²) >= 11 is 0. The van der Waals surface area contributed by atoms with Gasteiger partial charge in [0.2, 0.25) is 0 Å². The van der Waals surface area contributed by atoms with Crippen LogP contribution in [0.5, 0.6) is 0 Å². The van der Waals surface area contributed by atoms with Crippen molar-refractivity contribution in [3.63, 3.8) is 0 Å². The molecule has 0 atom stereocenters. The van der Waals surface area contributed by atoms with Crippen LogP contribution in [-0.2, 0) is 4.74 Å². The van der Waals surface area contributed by atoms with Crippen LogP contribution in [0.1, 0.15) is 34.6 Å². The highest BCUT2D eigenvalue weighted by molar-refractivity contribution is 5.68. The largest absolute Gasteiger partial charge is 0.444 e. The number of ether oxygens (including phenoxy) is 1. The van der Waals surface area contributed by atoms with Crippen LogP contribution in [-0.4, -0.2) is 84.4 Å². The van der Waals surface area contributed by atoms with Gasteiger partial charge in [0.15, 0.2) is 0 Å². The molecular formula is C16H32N4O2. The zero-order chi connectivity index (χ0) is 16.4. The van der Waals surface area contributed by atoms with E-state index in [2.05, 4.69) is 29.0 Å². The van der Waals surface area contributed by atoms with Gasteiger partial charge in [0.25, 0.3) is 0 Å². The number of rotatable bonds is 2. The third kappa shape index (κ3) is 4.33. The molecule has 2 saturated heterocycles. The van der Waals surface area contributed by atoms with Gasteiger partial charge in [-0.15, -0.1) is 0 Å². The molecule has 0 aliphatic carbocycles. The summed E-state index contributed by atoms with van der Waals surface area (Å²) in [5, 5.41) is 3.40. The standard InChI is InChI=1S/C16H32N4O2/c1-15(2,3)22-14(21)18-10-12-20(13-11-18)16(4,5)19-8-6-17-7-9-19/h17H,6-13H2,1-5H3. The van der Waals surface area contributed by atoms with Gasteiger partial charge in [0.05, 0.1) is 5.66 Å². The fourth-order valence-corrected chi connectivity index (χ4v) is 3.17. The molecule has 128 valence electrons. The SMILES string of the molecule is CC(C)(C)OC(=O)N1CCN(C(C)(C)N2CCNCC2)CC1. The minimum absolute atomic E-state index is 0.0438. The number of amides is 1. The van der Waals surface area contributed by atoms with Crippen molar-refractivity contribution in [1.82, 2.24) is 20.0 Å². The van der Waals surface area contributed by atoms with Gasteiger partial charge in [0, 0.05) is 52.4 Å². The van der Waals surface area contributed by atoms with Gasteiger partial charge < -0.3 is 15.0 Å². The van der Waals surface area contributed by atoms with Gasteiger partial charge in [-0.05, 0) is 34.6 Å². The Bertz CT molecular complexity index is 378. The van der Waals surface area contributed by atoms with E-state index in [0.717, 1.165) is 52.4 Å². The highest BCUT2D eigenvalue weighted by Crippen LogP contribution is 2.22. The number of carbonyl (C=O) groups is 1. The molecule has 2 rings (SSSR count). The van der Waals surface area contributed by atoms with Crippen molar-refractivity contribution in [1.29, 1.82) is 0 Å². The topological polar surface area (TPSA) is 48.1 Å². The van der Waals surface area contributed by atoms with E-state index in [9.17, 15) is 4.79 Å². The monoisotopic (exact) mass is 312 g/mol. The molecule has 0 unspecified atom stereocenters. The molecule has 0 spiro atoms. The molecule has 0 radical (unpaired) electrons. The number of hydrogen-bond donors (Lipinski definition) is 1. The molecule has 0 aromatic rings. The summed E-state index contributed by atoms with van der Waals surface area (Å²) in [6, 6.07) is 0. The maximum absolute atomic E-state index is 12.1. The van der Waals surface area contributed by atoms with Gasteiger partial charge in [-0.25, -0.2) is 4.79 Å². The van der Waals surface area contributed by atoms with Crippen LogP contribution in [0.2, 0.25) is 0 Å². The molecule has 2 fully saturated rings. The smallest absolute Gasteiger partial charge is 0.410 e. The Morgan fingerprint density at radius 3 is 1.86 bits per heavy atom. The fourth-order valence-electron chi connectivity index (χ4n) is 3.17. The summed E-state index contributed by atoms with van der Waals surface area (Å²) in [7, 11) is 0. The lowest BCUT2D eigenvalue weighted by Gasteiger charge is -2.50. The second kappa shape index (κ2) is 6.72. The molecular weight excluding hydrogens is 280 g/mol. The highest BCUT2D eigenvalue weighted by Gasteiger charge is 2.37. The molecule has 1 amide bonds. The van der Waals surface area contributed by atoms with Crippen molar-refractivity contribution in [3.05, 3.63) is 0 Å². The molecule has 0 bridgehead atoms. The molecule has 6 heteroatoms. The van der Waals surface area contributed by atoms with Crippen LogP contribution in [0.25, 0.3) is 0 Å². The van der Waals surface area contributed by atoms with Gasteiger partial charge in [0.1, 0.15) is 5.60 Å². The van der Waals surface area contributed by atoms with Crippen molar-refractivity contribution in [2.24, 2.45) is 0 Å². The van der Waals surface area contributed by atoms with Crippen molar-refractivity contribution in [2.75, 3.05) is 52.4 Å². The van der Waals surface area contributed by atoms with Gasteiger partial charge in [-0.3, -0.25) is 9.80 Å². The Kier molecular flexibility index (Phi) is 5.35. The average molecular weight is 312 g/mol. The molecule has 6 nitrogen and oxygen atoms in total. The maximum atomic E-state index is 12.1. The van der Waals surface area contributed by atoms with E-state index >= 15 is 0 Å². The highest BCUT2D eigenvalue weighted by atomic mass is 16.6. The van der Waals surface area contributed by atoms with E-state index in [0.29, 0.717) is 0 Å². The number of nitrogens with one attached hydrogen (secondary N) is 1. The van der Waals surface area contributed by atoms with E-state index in [-0.39, 0.29) is 11.8 Å². The first-order valence-corrected chi connectivity index (χ1v) is 8.39. The van der Waals surface area contributed by atoms with Crippen molar-refractivity contribution in [2.45, 2.75) is 45.9 Å². The van der Waals surface area contributed by atoms with Crippen LogP contribution in [0, 0.1) is 0 Å².